The van der Waals surface area contributed by atoms with Gasteiger partial charge >= 0.3 is 6.03 Å². The molecule has 0 atom stereocenters. The molecule has 3 amide bonds. The molecule has 1 fully saturated rings. The smallest absolute Gasteiger partial charge is 0.285 e. The minimum Gasteiger partial charge on any atom is -0.285 e. The number of carbonyl (C=O) groups excluding carboxylic acids is 2. The van der Waals surface area contributed by atoms with Gasteiger partial charge in [-0.15, -0.1) is 0 Å². The first-order valence-electron chi connectivity index (χ1n) is 6.56. The van der Waals surface area contributed by atoms with E-state index in [0.29, 0.717) is 11.3 Å². The number of nitrogens with zero attached hydrogens (tertiary/aromatic N) is 2. The van der Waals surface area contributed by atoms with E-state index in [1.165, 1.54) is 17.0 Å². The maximum Gasteiger partial charge on any atom is 0.332 e. The van der Waals surface area contributed by atoms with Crippen LogP contribution >= 0.6 is 0 Å². The Kier molecular flexibility index (Phi) is 3.39. The van der Waals surface area contributed by atoms with Crippen molar-refractivity contribution in [3.05, 3.63) is 66.0 Å². The molecule has 1 aliphatic heterocycles. The predicted octanol–water partition coefficient (Wildman–Crippen LogP) is 2.79. The van der Waals surface area contributed by atoms with Crippen LogP contribution in [-0.4, -0.2) is 23.4 Å². The highest BCUT2D eigenvalue weighted by Gasteiger charge is 2.36. The molecule has 106 valence electrons. The fourth-order valence-corrected chi connectivity index (χ4v) is 2.32. The molecule has 0 spiro atoms. The van der Waals surface area contributed by atoms with Crippen molar-refractivity contribution >= 4 is 17.6 Å². The standard InChI is InChI=1S/C16H13FN2O2/c17-13-6-4-5-12(9-13)10-19-15(20)11-18(16(19)21)14-7-2-1-3-8-14/h1-9H,10-11H2. The van der Waals surface area contributed by atoms with Crippen molar-refractivity contribution in [3.8, 4) is 0 Å². The summed E-state index contributed by atoms with van der Waals surface area (Å²) >= 11 is 0. The van der Waals surface area contributed by atoms with Crippen LogP contribution in [0.15, 0.2) is 54.6 Å². The van der Waals surface area contributed by atoms with E-state index in [1.54, 1.807) is 24.3 Å². The summed E-state index contributed by atoms with van der Waals surface area (Å²) in [4.78, 5) is 26.9. The Bertz CT molecular complexity index is 688. The molecule has 0 N–H and O–H groups in total. The number of urea groups is 1. The van der Waals surface area contributed by atoms with E-state index in [0.717, 1.165) is 4.90 Å². The van der Waals surface area contributed by atoms with Gasteiger partial charge in [0.05, 0.1) is 6.54 Å². The van der Waals surface area contributed by atoms with E-state index in [1.807, 2.05) is 18.2 Å². The number of anilines is 1. The largest absolute Gasteiger partial charge is 0.332 e. The predicted molar refractivity (Wildman–Crippen MR) is 76.1 cm³/mol. The summed E-state index contributed by atoms with van der Waals surface area (Å²) in [7, 11) is 0. The molecule has 4 nitrogen and oxygen atoms in total. The zero-order chi connectivity index (χ0) is 14.8. The Hall–Kier alpha value is -2.69. The summed E-state index contributed by atoms with van der Waals surface area (Å²) in [5.74, 6) is -0.667. The van der Waals surface area contributed by atoms with Gasteiger partial charge in [0.2, 0.25) is 0 Å². The number of hydrogen-bond acceptors (Lipinski definition) is 2. The molecule has 1 heterocycles. The second-order valence-electron chi connectivity index (χ2n) is 4.81. The molecule has 0 unspecified atom stereocenters. The van der Waals surface area contributed by atoms with Crippen LogP contribution in [0.1, 0.15) is 5.56 Å². The summed E-state index contributed by atoms with van der Waals surface area (Å²) in [5, 5.41) is 0. The zero-order valence-corrected chi connectivity index (χ0v) is 11.2. The molecule has 3 rings (SSSR count). The number of rotatable bonds is 3. The molecule has 5 heteroatoms. The second kappa shape index (κ2) is 5.36. The van der Waals surface area contributed by atoms with Gasteiger partial charge in [0.15, 0.2) is 0 Å². The minimum absolute atomic E-state index is 0.0121. The molecule has 0 radical (unpaired) electrons. The molecule has 0 saturated carbocycles. The lowest BCUT2D eigenvalue weighted by Crippen LogP contribution is -2.32. The van der Waals surface area contributed by atoms with Gasteiger partial charge in [0.1, 0.15) is 12.4 Å². The van der Waals surface area contributed by atoms with Gasteiger partial charge in [-0.1, -0.05) is 30.3 Å². The van der Waals surface area contributed by atoms with Gasteiger partial charge in [-0.25, -0.2) is 9.18 Å². The third-order valence-electron chi connectivity index (χ3n) is 3.35. The van der Waals surface area contributed by atoms with Crippen LogP contribution in [0.3, 0.4) is 0 Å². The summed E-state index contributed by atoms with van der Waals surface area (Å²) < 4.78 is 13.2. The SMILES string of the molecule is O=C1CN(c2ccccc2)C(=O)N1Cc1cccc(F)c1. The first-order valence-corrected chi connectivity index (χ1v) is 6.56. The Labute approximate surface area is 121 Å². The normalized spacial score (nSPS) is 14.9. The molecule has 2 aromatic rings. The van der Waals surface area contributed by atoms with Gasteiger partial charge in [-0.05, 0) is 29.8 Å². The van der Waals surface area contributed by atoms with E-state index < -0.39 is 0 Å². The summed E-state index contributed by atoms with van der Waals surface area (Å²) in [5.41, 5.74) is 1.27. The Morgan fingerprint density at radius 3 is 2.48 bits per heavy atom. The van der Waals surface area contributed by atoms with Crippen molar-refractivity contribution in [1.82, 2.24) is 4.90 Å². The highest BCUT2D eigenvalue weighted by atomic mass is 19.1. The summed E-state index contributed by atoms with van der Waals surface area (Å²) in [6, 6.07) is 14.5. The Morgan fingerprint density at radius 2 is 1.76 bits per heavy atom. The molecular weight excluding hydrogens is 271 g/mol. The molecule has 2 aromatic carbocycles. The van der Waals surface area contributed by atoms with E-state index in [9.17, 15) is 14.0 Å². The molecule has 1 aliphatic rings. The third kappa shape index (κ3) is 2.63. The Balaban J connectivity index is 1.81. The van der Waals surface area contributed by atoms with Crippen molar-refractivity contribution in [2.24, 2.45) is 0 Å². The molecule has 1 saturated heterocycles. The van der Waals surface area contributed by atoms with Crippen LogP contribution in [0.5, 0.6) is 0 Å². The second-order valence-corrected chi connectivity index (χ2v) is 4.81. The van der Waals surface area contributed by atoms with Crippen molar-refractivity contribution in [2.75, 3.05) is 11.4 Å². The van der Waals surface area contributed by atoms with Gasteiger partial charge < -0.3 is 0 Å². The van der Waals surface area contributed by atoms with Crippen LogP contribution in [0.25, 0.3) is 0 Å². The zero-order valence-electron chi connectivity index (χ0n) is 11.2. The van der Waals surface area contributed by atoms with Crippen molar-refractivity contribution in [3.63, 3.8) is 0 Å². The topological polar surface area (TPSA) is 40.6 Å². The average Bonchev–Trinajstić information content (AvgIpc) is 2.76. The lowest BCUT2D eigenvalue weighted by Gasteiger charge is -2.17. The molecule has 0 bridgehead atoms. The van der Waals surface area contributed by atoms with Crippen LogP contribution in [-0.2, 0) is 11.3 Å². The van der Waals surface area contributed by atoms with Gasteiger partial charge in [-0.2, -0.15) is 0 Å². The van der Waals surface area contributed by atoms with Gasteiger partial charge in [-0.3, -0.25) is 14.6 Å². The first-order chi connectivity index (χ1) is 10.1. The maximum absolute atomic E-state index is 13.2. The van der Waals surface area contributed by atoms with E-state index in [-0.39, 0.29) is 30.8 Å². The highest BCUT2D eigenvalue weighted by Crippen LogP contribution is 2.22. The first kappa shape index (κ1) is 13.3. The number of benzene rings is 2. The minimum atomic E-state index is -0.383. The summed E-state index contributed by atoms with van der Waals surface area (Å²) in [6.07, 6.45) is 0. The average molecular weight is 284 g/mol. The quantitative estimate of drug-likeness (QED) is 0.813. The maximum atomic E-state index is 13.2. The van der Waals surface area contributed by atoms with Crippen LogP contribution in [0, 0.1) is 5.82 Å². The summed E-state index contributed by atoms with van der Waals surface area (Å²) in [6.45, 7) is 0.0942. The molecule has 0 aromatic heterocycles. The Morgan fingerprint density at radius 1 is 1.00 bits per heavy atom. The van der Waals surface area contributed by atoms with Crippen molar-refractivity contribution < 1.29 is 14.0 Å². The molecular formula is C16H13FN2O2. The van der Waals surface area contributed by atoms with Crippen molar-refractivity contribution in [1.29, 1.82) is 0 Å². The highest BCUT2D eigenvalue weighted by molar-refractivity contribution is 6.12. The fraction of sp³-hybridized carbons (Fsp3) is 0.125. The lowest BCUT2D eigenvalue weighted by atomic mass is 10.2. The van der Waals surface area contributed by atoms with Gasteiger partial charge in [0, 0.05) is 5.69 Å². The number of amides is 3. The number of halogens is 1. The van der Waals surface area contributed by atoms with Crippen molar-refractivity contribution in [2.45, 2.75) is 6.54 Å². The van der Waals surface area contributed by atoms with E-state index >= 15 is 0 Å². The molecule has 0 aliphatic carbocycles. The fourth-order valence-electron chi connectivity index (χ4n) is 2.32. The van der Waals surface area contributed by atoms with Crippen LogP contribution in [0.4, 0.5) is 14.9 Å². The number of hydrogen-bond donors (Lipinski definition) is 0. The number of imide groups is 1. The number of para-hydroxylation sites is 1. The third-order valence-corrected chi connectivity index (χ3v) is 3.35. The molecule has 21 heavy (non-hydrogen) atoms. The van der Waals surface area contributed by atoms with E-state index in [4.69, 9.17) is 0 Å². The number of carbonyl (C=O) groups is 2. The van der Waals surface area contributed by atoms with Crippen LogP contribution < -0.4 is 4.90 Å². The van der Waals surface area contributed by atoms with E-state index in [2.05, 4.69) is 0 Å². The van der Waals surface area contributed by atoms with Gasteiger partial charge in [0.25, 0.3) is 5.91 Å². The van der Waals surface area contributed by atoms with Crippen LogP contribution in [0.2, 0.25) is 0 Å². The monoisotopic (exact) mass is 284 g/mol. The lowest BCUT2D eigenvalue weighted by molar-refractivity contribution is -0.125.